The van der Waals surface area contributed by atoms with E-state index in [0.29, 0.717) is 16.7 Å². The van der Waals surface area contributed by atoms with Crippen molar-refractivity contribution in [2.24, 2.45) is 0 Å². The minimum absolute atomic E-state index is 0.00649. The molecule has 0 aliphatic carbocycles. The minimum atomic E-state index is -0.545. The Hall–Kier alpha value is -2.76. The maximum Gasteiger partial charge on any atom is 0.278 e. The van der Waals surface area contributed by atoms with E-state index in [2.05, 4.69) is 6.07 Å². The van der Waals surface area contributed by atoms with Crippen LogP contribution in [-0.4, -0.2) is 9.85 Å². The molecule has 0 atom stereocenters. The lowest BCUT2D eigenvalue weighted by molar-refractivity contribution is -0.385. The molecular formula is C13H9N2O4. The third-order valence-electron chi connectivity index (χ3n) is 2.80. The van der Waals surface area contributed by atoms with Gasteiger partial charge < -0.3 is 0 Å². The van der Waals surface area contributed by atoms with Crippen molar-refractivity contribution in [3.05, 3.63) is 68.3 Å². The summed E-state index contributed by atoms with van der Waals surface area (Å²) in [5, 5.41) is 21.6. The highest BCUT2D eigenvalue weighted by Crippen LogP contribution is 2.31. The van der Waals surface area contributed by atoms with Crippen LogP contribution in [0.4, 0.5) is 11.4 Å². The van der Waals surface area contributed by atoms with Crippen LogP contribution in [0.3, 0.4) is 0 Å². The zero-order chi connectivity index (χ0) is 14.0. The van der Waals surface area contributed by atoms with E-state index in [1.807, 2.05) is 0 Å². The van der Waals surface area contributed by atoms with Gasteiger partial charge in [0.25, 0.3) is 11.4 Å². The van der Waals surface area contributed by atoms with E-state index in [-0.39, 0.29) is 11.4 Å². The predicted molar refractivity (Wildman–Crippen MR) is 68.8 cm³/mol. The Morgan fingerprint density at radius 1 is 1.11 bits per heavy atom. The molecule has 0 saturated carbocycles. The van der Waals surface area contributed by atoms with E-state index >= 15 is 0 Å². The summed E-state index contributed by atoms with van der Waals surface area (Å²) in [6.45, 7) is 1.62. The van der Waals surface area contributed by atoms with Gasteiger partial charge in [0.15, 0.2) is 0 Å². The molecule has 6 nitrogen and oxygen atoms in total. The second-order valence-corrected chi connectivity index (χ2v) is 3.93. The topological polar surface area (TPSA) is 86.3 Å². The second kappa shape index (κ2) is 4.85. The van der Waals surface area contributed by atoms with E-state index in [0.717, 1.165) is 0 Å². The molecule has 0 fully saturated rings. The number of hydrogen-bond acceptors (Lipinski definition) is 4. The molecule has 0 heterocycles. The normalized spacial score (nSPS) is 10.2. The third-order valence-corrected chi connectivity index (χ3v) is 2.80. The Labute approximate surface area is 108 Å². The number of nitrogens with zero attached hydrogens (tertiary/aromatic N) is 2. The number of nitro groups is 2. The number of rotatable bonds is 3. The molecule has 95 valence electrons. The Kier molecular flexibility index (Phi) is 3.24. The first-order valence-corrected chi connectivity index (χ1v) is 5.41. The molecule has 0 saturated heterocycles. The number of benzene rings is 2. The van der Waals surface area contributed by atoms with Crippen LogP contribution in [0.5, 0.6) is 0 Å². The van der Waals surface area contributed by atoms with Crippen LogP contribution in [0.1, 0.15) is 5.56 Å². The van der Waals surface area contributed by atoms with Crippen molar-refractivity contribution in [1.29, 1.82) is 0 Å². The van der Waals surface area contributed by atoms with Gasteiger partial charge in [-0.15, -0.1) is 0 Å². The molecule has 2 rings (SSSR count). The summed E-state index contributed by atoms with van der Waals surface area (Å²) in [6, 6.07) is 11.6. The first-order valence-electron chi connectivity index (χ1n) is 5.41. The van der Waals surface area contributed by atoms with Gasteiger partial charge in [-0.05, 0) is 24.1 Å². The summed E-state index contributed by atoms with van der Waals surface area (Å²) in [7, 11) is 0. The fraction of sp³-hybridized carbons (Fsp3) is 0.0769. The lowest BCUT2D eigenvalue weighted by Gasteiger charge is -2.06. The molecular weight excluding hydrogens is 248 g/mol. The van der Waals surface area contributed by atoms with Gasteiger partial charge in [-0.2, -0.15) is 0 Å². The van der Waals surface area contributed by atoms with Crippen molar-refractivity contribution >= 4 is 11.4 Å². The maximum absolute atomic E-state index is 10.9. The van der Waals surface area contributed by atoms with E-state index in [1.54, 1.807) is 25.1 Å². The molecule has 0 unspecified atom stereocenters. The molecule has 2 aromatic rings. The Balaban J connectivity index is 2.59. The summed E-state index contributed by atoms with van der Waals surface area (Å²) < 4.78 is 0. The van der Waals surface area contributed by atoms with Crippen LogP contribution in [0.25, 0.3) is 11.1 Å². The Morgan fingerprint density at radius 2 is 1.84 bits per heavy atom. The van der Waals surface area contributed by atoms with Crippen LogP contribution in [0.2, 0.25) is 0 Å². The zero-order valence-electron chi connectivity index (χ0n) is 9.99. The summed E-state index contributed by atoms with van der Waals surface area (Å²) in [4.78, 5) is 20.6. The minimum Gasteiger partial charge on any atom is -0.258 e. The highest BCUT2D eigenvalue weighted by atomic mass is 16.6. The van der Waals surface area contributed by atoms with Crippen molar-refractivity contribution in [3.8, 4) is 11.1 Å². The van der Waals surface area contributed by atoms with Gasteiger partial charge in [-0.25, -0.2) is 0 Å². The lowest BCUT2D eigenvalue weighted by atomic mass is 9.99. The molecule has 0 spiro atoms. The van der Waals surface area contributed by atoms with Crippen LogP contribution >= 0.6 is 0 Å². The van der Waals surface area contributed by atoms with Gasteiger partial charge in [-0.1, -0.05) is 18.2 Å². The van der Waals surface area contributed by atoms with E-state index in [1.165, 1.54) is 18.2 Å². The van der Waals surface area contributed by atoms with Crippen molar-refractivity contribution in [2.75, 3.05) is 0 Å². The molecule has 0 aliphatic heterocycles. The molecule has 0 aliphatic rings. The van der Waals surface area contributed by atoms with E-state index < -0.39 is 9.85 Å². The third kappa shape index (κ3) is 2.42. The molecule has 6 heteroatoms. The molecule has 0 bridgehead atoms. The van der Waals surface area contributed by atoms with Crippen molar-refractivity contribution in [2.45, 2.75) is 6.92 Å². The maximum atomic E-state index is 10.9. The highest BCUT2D eigenvalue weighted by Gasteiger charge is 2.15. The second-order valence-electron chi connectivity index (χ2n) is 3.93. The van der Waals surface area contributed by atoms with Crippen molar-refractivity contribution in [1.82, 2.24) is 0 Å². The highest BCUT2D eigenvalue weighted by molar-refractivity contribution is 5.72. The van der Waals surface area contributed by atoms with Crippen LogP contribution < -0.4 is 0 Å². The summed E-state index contributed by atoms with van der Waals surface area (Å²) in [6.07, 6.45) is 0. The first-order chi connectivity index (χ1) is 9.00. The quantitative estimate of drug-likeness (QED) is 0.623. The molecule has 0 aromatic heterocycles. The summed E-state index contributed by atoms with van der Waals surface area (Å²) >= 11 is 0. The Morgan fingerprint density at radius 3 is 2.47 bits per heavy atom. The van der Waals surface area contributed by atoms with Gasteiger partial charge in [-0.3, -0.25) is 20.2 Å². The van der Waals surface area contributed by atoms with E-state index in [4.69, 9.17) is 0 Å². The summed E-state index contributed by atoms with van der Waals surface area (Å²) in [5.41, 5.74) is 1.47. The monoisotopic (exact) mass is 257 g/mol. The molecule has 2 aromatic carbocycles. The standard InChI is InChI=1S/C13H9N2O4/c1-9-12(6-3-7-13(9)15(18)19)10-4-2-5-11(8-10)14(16)17/h2-4,6-8H,1H3. The average molecular weight is 257 g/mol. The van der Waals surface area contributed by atoms with Crippen LogP contribution in [-0.2, 0) is 0 Å². The van der Waals surface area contributed by atoms with E-state index in [9.17, 15) is 20.2 Å². The predicted octanol–water partition coefficient (Wildman–Crippen LogP) is 3.28. The number of hydrogen-bond donors (Lipinski definition) is 0. The van der Waals surface area contributed by atoms with Crippen LogP contribution in [0, 0.1) is 33.2 Å². The first kappa shape index (κ1) is 12.7. The summed E-state index contributed by atoms with van der Waals surface area (Å²) in [5.74, 6) is 0. The smallest absolute Gasteiger partial charge is 0.258 e. The van der Waals surface area contributed by atoms with Gasteiger partial charge in [0.2, 0.25) is 0 Å². The SMILES string of the molecule is Cc1c(-c2cc[c]c([N+](=O)[O-])c2)cccc1[N+](=O)[O-]. The fourth-order valence-corrected chi connectivity index (χ4v) is 1.86. The largest absolute Gasteiger partial charge is 0.278 e. The van der Waals surface area contributed by atoms with Crippen molar-refractivity contribution in [3.63, 3.8) is 0 Å². The molecule has 1 radical (unpaired) electrons. The van der Waals surface area contributed by atoms with Gasteiger partial charge in [0, 0.05) is 17.7 Å². The van der Waals surface area contributed by atoms with Gasteiger partial charge in [0.1, 0.15) is 0 Å². The van der Waals surface area contributed by atoms with Crippen molar-refractivity contribution < 1.29 is 9.85 Å². The van der Waals surface area contributed by atoms with Gasteiger partial charge >= 0.3 is 0 Å². The number of nitro benzene ring substituents is 2. The van der Waals surface area contributed by atoms with Crippen LogP contribution in [0.15, 0.2) is 36.4 Å². The van der Waals surface area contributed by atoms with Gasteiger partial charge in [0.05, 0.1) is 15.9 Å². The molecule has 19 heavy (non-hydrogen) atoms. The fourth-order valence-electron chi connectivity index (χ4n) is 1.86. The number of non-ortho nitro benzene ring substituents is 1. The zero-order valence-corrected chi connectivity index (χ0v) is 9.99. The lowest BCUT2D eigenvalue weighted by Crippen LogP contribution is -1.94. The Bertz CT molecular complexity index is 667. The molecule has 0 amide bonds. The average Bonchev–Trinajstić information content (AvgIpc) is 2.38. The molecule has 0 N–H and O–H groups in total.